The number of fused-ring (bicyclic) bond motifs is 3. The van der Waals surface area contributed by atoms with Gasteiger partial charge < -0.3 is 10.6 Å². The second kappa shape index (κ2) is 4.56. The van der Waals surface area contributed by atoms with Crippen molar-refractivity contribution in [3.8, 4) is 0 Å². The molecule has 1 aromatic carbocycles. The minimum absolute atomic E-state index is 0.112. The van der Waals surface area contributed by atoms with Crippen LogP contribution in [0.15, 0.2) is 36.5 Å². The number of aromatic nitrogens is 1. The molecule has 0 radical (unpaired) electrons. The third-order valence-corrected chi connectivity index (χ3v) is 4.54. The van der Waals surface area contributed by atoms with Crippen LogP contribution in [0.4, 0.5) is 5.69 Å². The molecule has 2 aliphatic rings. The van der Waals surface area contributed by atoms with E-state index in [4.69, 9.17) is 0 Å². The van der Waals surface area contributed by atoms with E-state index in [1.807, 2.05) is 30.3 Å². The summed E-state index contributed by atoms with van der Waals surface area (Å²) in [5, 5.41) is 7.60. The number of amides is 1. The van der Waals surface area contributed by atoms with Crippen molar-refractivity contribution in [2.24, 2.45) is 5.92 Å². The van der Waals surface area contributed by atoms with E-state index in [0.717, 1.165) is 29.4 Å². The van der Waals surface area contributed by atoms with Crippen LogP contribution in [0.5, 0.6) is 0 Å². The van der Waals surface area contributed by atoms with Gasteiger partial charge in [-0.05, 0) is 43.5 Å². The number of nitrogens with zero attached hydrogens (tertiary/aromatic N) is 1. The Hall–Kier alpha value is -1.94. The maximum Gasteiger partial charge on any atom is 0.229 e. The minimum Gasteiger partial charge on any atom is -0.325 e. The lowest BCUT2D eigenvalue weighted by atomic mass is 9.88. The summed E-state index contributed by atoms with van der Waals surface area (Å²) in [7, 11) is 0. The summed E-state index contributed by atoms with van der Waals surface area (Å²) in [6.45, 7) is 0. The normalized spacial score (nSPS) is 27.9. The number of anilines is 1. The Labute approximate surface area is 117 Å². The predicted octanol–water partition coefficient (Wildman–Crippen LogP) is 2.31. The Morgan fingerprint density at radius 1 is 1.25 bits per heavy atom. The van der Waals surface area contributed by atoms with Gasteiger partial charge in [0.05, 0.1) is 17.1 Å². The molecule has 20 heavy (non-hydrogen) atoms. The smallest absolute Gasteiger partial charge is 0.229 e. The second-order valence-corrected chi connectivity index (χ2v) is 5.75. The number of benzene rings is 1. The first kappa shape index (κ1) is 11.9. The van der Waals surface area contributed by atoms with Crippen molar-refractivity contribution in [2.75, 3.05) is 5.32 Å². The number of carbonyl (C=O) groups excluding carboxylic acids is 1. The largest absolute Gasteiger partial charge is 0.325 e. The maximum absolute atomic E-state index is 12.5. The molecular weight excluding hydrogens is 250 g/mol. The molecular formula is C16H17N3O. The average Bonchev–Trinajstić information content (AvgIpc) is 3.10. The number of pyridine rings is 1. The molecule has 0 aliphatic carbocycles. The van der Waals surface area contributed by atoms with E-state index in [0.29, 0.717) is 12.1 Å². The molecule has 3 heterocycles. The SMILES string of the molecule is O=C(Nc1cccc2ncccc12)C1CC2CCC1N2. The van der Waals surface area contributed by atoms with Crippen LogP contribution in [0.25, 0.3) is 10.9 Å². The van der Waals surface area contributed by atoms with Crippen molar-refractivity contribution in [2.45, 2.75) is 31.3 Å². The zero-order valence-corrected chi connectivity index (χ0v) is 11.2. The van der Waals surface area contributed by atoms with Gasteiger partial charge >= 0.3 is 0 Å². The third-order valence-electron chi connectivity index (χ3n) is 4.54. The molecule has 3 atom stereocenters. The number of carbonyl (C=O) groups is 1. The van der Waals surface area contributed by atoms with Crippen LogP contribution in [0.1, 0.15) is 19.3 Å². The van der Waals surface area contributed by atoms with Gasteiger partial charge in [-0.1, -0.05) is 6.07 Å². The van der Waals surface area contributed by atoms with Gasteiger partial charge in [0.1, 0.15) is 0 Å². The van der Waals surface area contributed by atoms with E-state index in [9.17, 15) is 4.79 Å². The van der Waals surface area contributed by atoms with Crippen LogP contribution in [-0.2, 0) is 4.79 Å². The van der Waals surface area contributed by atoms with E-state index >= 15 is 0 Å². The Bertz CT molecular complexity index is 664. The zero-order chi connectivity index (χ0) is 13.5. The highest BCUT2D eigenvalue weighted by Crippen LogP contribution is 2.34. The standard InChI is InChI=1S/C16H17N3O/c20-16(12-9-10-6-7-15(12)18-10)19-14-5-1-4-13-11(14)3-2-8-17-13/h1-5,8,10,12,15,18H,6-7,9H2,(H,19,20). The summed E-state index contributed by atoms with van der Waals surface area (Å²) < 4.78 is 0. The molecule has 3 unspecified atom stereocenters. The van der Waals surface area contributed by atoms with Crippen LogP contribution in [0, 0.1) is 5.92 Å². The Morgan fingerprint density at radius 3 is 3.00 bits per heavy atom. The van der Waals surface area contributed by atoms with Gasteiger partial charge in [0.15, 0.2) is 0 Å². The van der Waals surface area contributed by atoms with Gasteiger partial charge in [0.2, 0.25) is 5.91 Å². The van der Waals surface area contributed by atoms with Crippen LogP contribution in [0.3, 0.4) is 0 Å². The summed E-state index contributed by atoms with van der Waals surface area (Å²) in [5.74, 6) is 0.252. The topological polar surface area (TPSA) is 54.0 Å². The number of hydrogen-bond donors (Lipinski definition) is 2. The summed E-state index contributed by atoms with van der Waals surface area (Å²) in [4.78, 5) is 16.8. The first-order valence-electron chi connectivity index (χ1n) is 7.22. The van der Waals surface area contributed by atoms with E-state index in [1.54, 1.807) is 6.20 Å². The van der Waals surface area contributed by atoms with Crippen molar-refractivity contribution in [1.82, 2.24) is 10.3 Å². The molecule has 2 aromatic rings. The molecule has 1 aromatic heterocycles. The monoisotopic (exact) mass is 267 g/mol. The van der Waals surface area contributed by atoms with Gasteiger partial charge in [-0.15, -0.1) is 0 Å². The molecule has 4 rings (SSSR count). The van der Waals surface area contributed by atoms with Gasteiger partial charge in [0.25, 0.3) is 0 Å². The third kappa shape index (κ3) is 1.88. The van der Waals surface area contributed by atoms with Crippen LogP contribution in [0.2, 0.25) is 0 Å². The van der Waals surface area contributed by atoms with Crippen molar-refractivity contribution in [3.63, 3.8) is 0 Å². The van der Waals surface area contributed by atoms with Gasteiger partial charge in [-0.3, -0.25) is 9.78 Å². The first-order chi connectivity index (χ1) is 9.81. The molecule has 102 valence electrons. The fourth-order valence-corrected chi connectivity index (χ4v) is 3.55. The lowest BCUT2D eigenvalue weighted by Gasteiger charge is -2.19. The second-order valence-electron chi connectivity index (χ2n) is 5.75. The Kier molecular flexibility index (Phi) is 2.70. The van der Waals surface area contributed by atoms with Crippen LogP contribution < -0.4 is 10.6 Å². The maximum atomic E-state index is 12.5. The van der Waals surface area contributed by atoms with Crippen LogP contribution >= 0.6 is 0 Å². The van der Waals surface area contributed by atoms with Crippen molar-refractivity contribution in [1.29, 1.82) is 0 Å². The molecule has 2 aliphatic heterocycles. The number of hydrogen-bond acceptors (Lipinski definition) is 3. The molecule has 0 spiro atoms. The Balaban J connectivity index is 1.60. The van der Waals surface area contributed by atoms with Gasteiger partial charge in [-0.2, -0.15) is 0 Å². The fraction of sp³-hybridized carbons (Fsp3) is 0.375. The summed E-state index contributed by atoms with van der Waals surface area (Å²) >= 11 is 0. The number of rotatable bonds is 2. The quantitative estimate of drug-likeness (QED) is 0.878. The molecule has 1 amide bonds. The number of nitrogens with one attached hydrogen (secondary N) is 2. The zero-order valence-electron chi connectivity index (χ0n) is 11.2. The average molecular weight is 267 g/mol. The van der Waals surface area contributed by atoms with Gasteiger partial charge in [-0.25, -0.2) is 0 Å². The summed E-state index contributed by atoms with van der Waals surface area (Å²) in [6, 6.07) is 10.7. The molecule has 2 bridgehead atoms. The van der Waals surface area contributed by atoms with Crippen molar-refractivity contribution in [3.05, 3.63) is 36.5 Å². The van der Waals surface area contributed by atoms with Gasteiger partial charge in [0, 0.05) is 23.7 Å². The molecule has 2 saturated heterocycles. The summed E-state index contributed by atoms with van der Waals surface area (Å²) in [6.07, 6.45) is 5.08. The summed E-state index contributed by atoms with van der Waals surface area (Å²) in [5.41, 5.74) is 1.78. The van der Waals surface area contributed by atoms with E-state index in [1.165, 1.54) is 6.42 Å². The fourth-order valence-electron chi connectivity index (χ4n) is 3.55. The molecule has 4 nitrogen and oxygen atoms in total. The molecule has 0 saturated carbocycles. The van der Waals surface area contributed by atoms with Crippen molar-refractivity contribution < 1.29 is 4.79 Å². The highest BCUT2D eigenvalue weighted by Gasteiger charge is 2.42. The Morgan fingerprint density at radius 2 is 2.20 bits per heavy atom. The van der Waals surface area contributed by atoms with Crippen molar-refractivity contribution >= 4 is 22.5 Å². The van der Waals surface area contributed by atoms with E-state index in [-0.39, 0.29) is 11.8 Å². The lowest BCUT2D eigenvalue weighted by Crippen LogP contribution is -2.32. The minimum atomic E-state index is 0.112. The highest BCUT2D eigenvalue weighted by molar-refractivity contribution is 6.02. The van der Waals surface area contributed by atoms with E-state index in [2.05, 4.69) is 15.6 Å². The van der Waals surface area contributed by atoms with E-state index < -0.39 is 0 Å². The molecule has 4 heteroatoms. The lowest BCUT2D eigenvalue weighted by molar-refractivity contribution is -0.120. The molecule has 2 fully saturated rings. The highest BCUT2D eigenvalue weighted by atomic mass is 16.2. The first-order valence-corrected chi connectivity index (χ1v) is 7.22. The van der Waals surface area contributed by atoms with Crippen LogP contribution in [-0.4, -0.2) is 23.0 Å². The molecule has 2 N–H and O–H groups in total. The predicted molar refractivity (Wildman–Crippen MR) is 78.4 cm³/mol.